The number of carboxylic acid groups (broad SMARTS) is 1. The molecule has 1 aliphatic carbocycles. The Bertz CT molecular complexity index is 360. The maximum absolute atomic E-state index is 10.6. The Balaban J connectivity index is 2.41. The van der Waals surface area contributed by atoms with Gasteiger partial charge in [-0.25, -0.2) is 14.8 Å². The molecule has 1 fully saturated rings. The first-order valence-corrected chi connectivity index (χ1v) is 4.04. The van der Waals surface area contributed by atoms with Crippen molar-refractivity contribution in [1.82, 2.24) is 9.97 Å². The fourth-order valence-corrected chi connectivity index (χ4v) is 1.18. The van der Waals surface area contributed by atoms with Gasteiger partial charge in [0.15, 0.2) is 5.69 Å². The number of carbonyl (C=O) groups is 1. The van der Waals surface area contributed by atoms with Crippen molar-refractivity contribution >= 4 is 11.9 Å². The third-order valence-electron chi connectivity index (χ3n) is 1.98. The van der Waals surface area contributed by atoms with Crippen molar-refractivity contribution in [2.75, 3.05) is 5.73 Å². The number of nitrogens with zero attached hydrogens (tertiary/aromatic N) is 2. The second-order valence-electron chi connectivity index (χ2n) is 3.12. The average molecular weight is 179 g/mol. The molecule has 1 aromatic heterocycles. The summed E-state index contributed by atoms with van der Waals surface area (Å²) in [7, 11) is 0. The first kappa shape index (κ1) is 7.97. The molecule has 1 saturated carbocycles. The third-order valence-corrected chi connectivity index (χ3v) is 1.98. The van der Waals surface area contributed by atoms with Crippen molar-refractivity contribution in [1.29, 1.82) is 0 Å². The van der Waals surface area contributed by atoms with Crippen LogP contribution in [0.3, 0.4) is 0 Å². The summed E-state index contributed by atoms with van der Waals surface area (Å²) in [5.74, 6) is -0.624. The Morgan fingerprint density at radius 2 is 2.23 bits per heavy atom. The van der Waals surface area contributed by atoms with Crippen LogP contribution in [0.25, 0.3) is 0 Å². The molecule has 0 bridgehead atoms. The van der Waals surface area contributed by atoms with E-state index >= 15 is 0 Å². The Morgan fingerprint density at radius 1 is 1.54 bits per heavy atom. The maximum atomic E-state index is 10.6. The van der Waals surface area contributed by atoms with Crippen LogP contribution >= 0.6 is 0 Å². The Hall–Kier alpha value is -1.65. The lowest BCUT2D eigenvalue weighted by atomic mass is 10.2. The largest absolute Gasteiger partial charge is 0.477 e. The minimum atomic E-state index is -1.06. The van der Waals surface area contributed by atoms with E-state index in [4.69, 9.17) is 10.8 Å². The van der Waals surface area contributed by atoms with E-state index < -0.39 is 5.97 Å². The molecule has 0 aromatic carbocycles. The minimum Gasteiger partial charge on any atom is -0.477 e. The summed E-state index contributed by atoms with van der Waals surface area (Å²) >= 11 is 0. The van der Waals surface area contributed by atoms with Crippen LogP contribution in [0, 0.1) is 0 Å². The number of aromatic nitrogens is 2. The van der Waals surface area contributed by atoms with Gasteiger partial charge in [-0.1, -0.05) is 0 Å². The number of aromatic carboxylic acids is 1. The van der Waals surface area contributed by atoms with Crippen molar-refractivity contribution in [3.05, 3.63) is 17.5 Å². The Labute approximate surface area is 74.6 Å². The molecule has 1 aliphatic rings. The monoisotopic (exact) mass is 179 g/mol. The second kappa shape index (κ2) is 2.69. The highest BCUT2D eigenvalue weighted by Gasteiger charge is 2.26. The van der Waals surface area contributed by atoms with Crippen molar-refractivity contribution in [2.45, 2.75) is 18.8 Å². The molecule has 0 atom stereocenters. The Morgan fingerprint density at radius 3 is 2.77 bits per heavy atom. The first-order valence-electron chi connectivity index (χ1n) is 4.04. The van der Waals surface area contributed by atoms with Crippen molar-refractivity contribution in [2.24, 2.45) is 0 Å². The molecular weight excluding hydrogens is 170 g/mol. The lowest BCUT2D eigenvalue weighted by molar-refractivity contribution is 0.0690. The molecule has 0 radical (unpaired) electrons. The van der Waals surface area contributed by atoms with E-state index in [2.05, 4.69) is 9.97 Å². The molecule has 3 N–H and O–H groups in total. The smallest absolute Gasteiger partial charge is 0.354 e. The van der Waals surface area contributed by atoms with Gasteiger partial charge in [-0.05, 0) is 18.9 Å². The SMILES string of the molecule is Nc1nc(C(=O)O)cc(C2CC2)n1. The molecule has 5 nitrogen and oxygen atoms in total. The van der Waals surface area contributed by atoms with Crippen molar-refractivity contribution in [3.63, 3.8) is 0 Å². The van der Waals surface area contributed by atoms with Gasteiger partial charge in [-0.15, -0.1) is 0 Å². The van der Waals surface area contributed by atoms with Crippen molar-refractivity contribution < 1.29 is 9.90 Å². The van der Waals surface area contributed by atoms with Gasteiger partial charge in [0, 0.05) is 11.6 Å². The van der Waals surface area contributed by atoms with Gasteiger partial charge < -0.3 is 10.8 Å². The zero-order valence-electron chi connectivity index (χ0n) is 6.90. The summed E-state index contributed by atoms with van der Waals surface area (Å²) in [4.78, 5) is 18.2. The number of nitrogens with two attached hydrogens (primary N) is 1. The Kier molecular flexibility index (Phi) is 1.65. The lowest BCUT2D eigenvalue weighted by Gasteiger charge is -2.00. The molecule has 0 saturated heterocycles. The number of nitrogen functional groups attached to an aromatic ring is 1. The predicted molar refractivity (Wildman–Crippen MR) is 45.4 cm³/mol. The van der Waals surface area contributed by atoms with E-state index in [0.717, 1.165) is 18.5 Å². The molecule has 1 aromatic rings. The predicted octanol–water partition coefficient (Wildman–Crippen LogP) is 0.634. The number of hydrogen-bond acceptors (Lipinski definition) is 4. The molecule has 0 spiro atoms. The van der Waals surface area contributed by atoms with E-state index in [1.165, 1.54) is 6.07 Å². The summed E-state index contributed by atoms with van der Waals surface area (Å²) in [6.07, 6.45) is 2.13. The molecule has 5 heteroatoms. The van der Waals surface area contributed by atoms with E-state index in [1.807, 2.05) is 0 Å². The van der Waals surface area contributed by atoms with Crippen LogP contribution in [-0.2, 0) is 0 Å². The highest BCUT2D eigenvalue weighted by molar-refractivity contribution is 5.85. The number of rotatable bonds is 2. The second-order valence-corrected chi connectivity index (χ2v) is 3.12. The summed E-state index contributed by atoms with van der Waals surface area (Å²) in [5.41, 5.74) is 6.11. The van der Waals surface area contributed by atoms with Crippen LogP contribution in [0.5, 0.6) is 0 Å². The van der Waals surface area contributed by atoms with E-state index in [9.17, 15) is 4.79 Å². The first-order chi connectivity index (χ1) is 6.16. The summed E-state index contributed by atoms with van der Waals surface area (Å²) in [6.45, 7) is 0. The van der Waals surface area contributed by atoms with Crippen LogP contribution in [-0.4, -0.2) is 21.0 Å². The molecule has 68 valence electrons. The van der Waals surface area contributed by atoms with Crippen molar-refractivity contribution in [3.8, 4) is 0 Å². The quantitative estimate of drug-likeness (QED) is 0.695. The van der Waals surface area contributed by atoms with Gasteiger partial charge >= 0.3 is 5.97 Å². The van der Waals surface area contributed by atoms with Gasteiger partial charge in [0.25, 0.3) is 0 Å². The highest BCUT2D eigenvalue weighted by Crippen LogP contribution is 2.39. The standard InChI is InChI=1S/C8H9N3O2/c9-8-10-5(4-1-2-4)3-6(11-8)7(12)13/h3-4H,1-2H2,(H,12,13)(H2,9,10,11). The molecule has 1 heterocycles. The molecular formula is C8H9N3O2. The van der Waals surface area contributed by atoms with Gasteiger partial charge in [-0.3, -0.25) is 0 Å². The molecule has 0 unspecified atom stereocenters. The highest BCUT2D eigenvalue weighted by atomic mass is 16.4. The molecule has 0 amide bonds. The average Bonchev–Trinajstić information content (AvgIpc) is 2.85. The lowest BCUT2D eigenvalue weighted by Crippen LogP contribution is -2.07. The summed E-state index contributed by atoms with van der Waals surface area (Å²) in [6, 6.07) is 1.50. The topological polar surface area (TPSA) is 89.1 Å². The number of anilines is 1. The minimum absolute atomic E-state index is 0.0191. The molecule has 0 aliphatic heterocycles. The van der Waals surface area contributed by atoms with Crippen LogP contribution in [0.4, 0.5) is 5.95 Å². The van der Waals surface area contributed by atoms with Gasteiger partial charge in [-0.2, -0.15) is 0 Å². The summed E-state index contributed by atoms with van der Waals surface area (Å²) < 4.78 is 0. The zero-order valence-corrected chi connectivity index (χ0v) is 6.90. The number of hydrogen-bond donors (Lipinski definition) is 2. The van der Waals surface area contributed by atoms with Gasteiger partial charge in [0.05, 0.1) is 0 Å². The summed E-state index contributed by atoms with van der Waals surface area (Å²) in [5, 5.41) is 8.69. The normalized spacial score (nSPS) is 15.7. The van der Waals surface area contributed by atoms with Crippen LogP contribution < -0.4 is 5.73 Å². The number of carboxylic acids is 1. The maximum Gasteiger partial charge on any atom is 0.354 e. The third kappa shape index (κ3) is 1.58. The van der Waals surface area contributed by atoms with E-state index in [-0.39, 0.29) is 11.6 Å². The molecule has 2 rings (SSSR count). The van der Waals surface area contributed by atoms with Crippen LogP contribution in [0.15, 0.2) is 6.07 Å². The zero-order chi connectivity index (χ0) is 9.42. The molecule has 13 heavy (non-hydrogen) atoms. The van der Waals surface area contributed by atoms with Crippen LogP contribution in [0.2, 0.25) is 0 Å². The van der Waals surface area contributed by atoms with Gasteiger partial charge in [0.1, 0.15) is 0 Å². The fourth-order valence-electron chi connectivity index (χ4n) is 1.18. The van der Waals surface area contributed by atoms with E-state index in [0.29, 0.717) is 5.92 Å². The van der Waals surface area contributed by atoms with Crippen LogP contribution in [0.1, 0.15) is 34.9 Å². The van der Waals surface area contributed by atoms with Gasteiger partial charge in [0.2, 0.25) is 5.95 Å². The van der Waals surface area contributed by atoms with E-state index in [1.54, 1.807) is 0 Å². The fraction of sp³-hybridized carbons (Fsp3) is 0.375.